The number of nitrogen functional groups attached to an aromatic ring is 1. The summed E-state index contributed by atoms with van der Waals surface area (Å²) in [4.78, 5) is 22.8. The molecular formula is C15H13FN2O3. The number of hydrogen-bond donors (Lipinski definition) is 3. The van der Waals surface area contributed by atoms with Crippen LogP contribution in [0.15, 0.2) is 36.4 Å². The molecule has 1 amide bonds. The third-order valence-corrected chi connectivity index (χ3v) is 2.98. The fourth-order valence-corrected chi connectivity index (χ4v) is 1.82. The fourth-order valence-electron chi connectivity index (χ4n) is 1.82. The number of carboxylic acid groups (broad SMARTS) is 1. The molecule has 6 heteroatoms. The zero-order valence-electron chi connectivity index (χ0n) is 11.2. The molecule has 0 aliphatic rings. The van der Waals surface area contributed by atoms with Crippen LogP contribution in [0.25, 0.3) is 0 Å². The van der Waals surface area contributed by atoms with Gasteiger partial charge in [0.2, 0.25) is 0 Å². The van der Waals surface area contributed by atoms with Crippen LogP contribution in [0, 0.1) is 12.7 Å². The molecule has 108 valence electrons. The van der Waals surface area contributed by atoms with Gasteiger partial charge in [-0.2, -0.15) is 0 Å². The summed E-state index contributed by atoms with van der Waals surface area (Å²) in [7, 11) is 0. The van der Waals surface area contributed by atoms with Gasteiger partial charge in [-0.25, -0.2) is 9.18 Å². The van der Waals surface area contributed by atoms with Crippen molar-refractivity contribution in [3.63, 3.8) is 0 Å². The third-order valence-electron chi connectivity index (χ3n) is 2.98. The Kier molecular flexibility index (Phi) is 3.89. The second kappa shape index (κ2) is 5.62. The van der Waals surface area contributed by atoms with Gasteiger partial charge in [0.1, 0.15) is 5.82 Å². The lowest BCUT2D eigenvalue weighted by Crippen LogP contribution is -2.15. The van der Waals surface area contributed by atoms with Crippen LogP contribution in [-0.2, 0) is 0 Å². The van der Waals surface area contributed by atoms with E-state index in [4.69, 9.17) is 10.8 Å². The van der Waals surface area contributed by atoms with Gasteiger partial charge in [-0.05, 0) is 36.8 Å². The Morgan fingerprint density at radius 3 is 2.57 bits per heavy atom. The van der Waals surface area contributed by atoms with Gasteiger partial charge in [0.05, 0.1) is 22.5 Å². The molecule has 0 saturated carbocycles. The Morgan fingerprint density at radius 2 is 1.95 bits per heavy atom. The van der Waals surface area contributed by atoms with Gasteiger partial charge in [-0.15, -0.1) is 0 Å². The predicted octanol–water partition coefficient (Wildman–Crippen LogP) is 2.67. The molecule has 21 heavy (non-hydrogen) atoms. The van der Waals surface area contributed by atoms with E-state index in [1.807, 2.05) is 0 Å². The van der Waals surface area contributed by atoms with Gasteiger partial charge >= 0.3 is 5.97 Å². The number of nitrogens with one attached hydrogen (secondary N) is 1. The first-order valence-electron chi connectivity index (χ1n) is 6.09. The minimum absolute atomic E-state index is 0.00670. The van der Waals surface area contributed by atoms with E-state index in [9.17, 15) is 14.0 Å². The minimum atomic E-state index is -1.12. The summed E-state index contributed by atoms with van der Waals surface area (Å²) < 4.78 is 13.9. The number of aromatic carboxylic acids is 1. The van der Waals surface area contributed by atoms with E-state index < -0.39 is 17.7 Å². The summed E-state index contributed by atoms with van der Waals surface area (Å²) >= 11 is 0. The van der Waals surface area contributed by atoms with Gasteiger partial charge < -0.3 is 16.2 Å². The Morgan fingerprint density at radius 1 is 1.24 bits per heavy atom. The summed E-state index contributed by atoms with van der Waals surface area (Å²) in [6.07, 6.45) is 0. The average molecular weight is 288 g/mol. The number of nitrogens with two attached hydrogens (primary N) is 1. The highest BCUT2D eigenvalue weighted by molar-refractivity contribution is 6.06. The summed E-state index contributed by atoms with van der Waals surface area (Å²) in [6.45, 7) is 1.56. The second-order valence-corrected chi connectivity index (χ2v) is 4.50. The van der Waals surface area contributed by atoms with E-state index in [0.29, 0.717) is 5.56 Å². The van der Waals surface area contributed by atoms with Crippen molar-refractivity contribution in [2.75, 3.05) is 11.1 Å². The van der Waals surface area contributed by atoms with Crippen molar-refractivity contribution < 1.29 is 19.1 Å². The van der Waals surface area contributed by atoms with Crippen molar-refractivity contribution >= 4 is 23.3 Å². The monoisotopic (exact) mass is 288 g/mol. The average Bonchev–Trinajstić information content (AvgIpc) is 2.43. The van der Waals surface area contributed by atoms with Crippen molar-refractivity contribution in [1.82, 2.24) is 0 Å². The molecule has 0 saturated heterocycles. The van der Waals surface area contributed by atoms with Crippen molar-refractivity contribution in [3.05, 3.63) is 58.9 Å². The number of halogens is 1. The van der Waals surface area contributed by atoms with Gasteiger partial charge in [-0.3, -0.25) is 4.79 Å². The summed E-state index contributed by atoms with van der Waals surface area (Å²) in [6, 6.07) is 8.39. The van der Waals surface area contributed by atoms with Gasteiger partial charge in [0.15, 0.2) is 0 Å². The molecule has 0 heterocycles. The SMILES string of the molecule is Cc1cccc(C(=O)Nc2ccc(C(=O)O)cc2N)c1F. The maximum Gasteiger partial charge on any atom is 0.335 e. The van der Waals surface area contributed by atoms with E-state index in [1.54, 1.807) is 19.1 Å². The summed E-state index contributed by atoms with van der Waals surface area (Å²) in [5, 5.41) is 11.3. The molecule has 0 spiro atoms. The molecule has 2 aromatic carbocycles. The van der Waals surface area contributed by atoms with Crippen molar-refractivity contribution in [1.29, 1.82) is 0 Å². The quantitative estimate of drug-likeness (QED) is 0.757. The zero-order valence-corrected chi connectivity index (χ0v) is 11.2. The number of carbonyl (C=O) groups excluding carboxylic acids is 1. The van der Waals surface area contributed by atoms with Crippen LogP contribution in [0.5, 0.6) is 0 Å². The highest BCUT2D eigenvalue weighted by Crippen LogP contribution is 2.21. The Bertz CT molecular complexity index is 729. The lowest BCUT2D eigenvalue weighted by atomic mass is 10.1. The molecule has 0 atom stereocenters. The number of carbonyl (C=O) groups is 2. The van der Waals surface area contributed by atoms with Crippen LogP contribution >= 0.6 is 0 Å². The van der Waals surface area contributed by atoms with E-state index >= 15 is 0 Å². The highest BCUT2D eigenvalue weighted by Gasteiger charge is 2.15. The van der Waals surface area contributed by atoms with Crippen LogP contribution in [0.3, 0.4) is 0 Å². The van der Waals surface area contributed by atoms with Crippen molar-refractivity contribution in [2.24, 2.45) is 0 Å². The lowest BCUT2D eigenvalue weighted by molar-refractivity contribution is 0.0696. The molecule has 0 bridgehead atoms. The number of amides is 1. The predicted molar refractivity (Wildman–Crippen MR) is 76.9 cm³/mol. The molecular weight excluding hydrogens is 275 g/mol. The number of aryl methyl sites for hydroxylation is 1. The minimum Gasteiger partial charge on any atom is -0.478 e. The van der Waals surface area contributed by atoms with E-state index in [-0.39, 0.29) is 22.5 Å². The largest absolute Gasteiger partial charge is 0.478 e. The third kappa shape index (κ3) is 3.00. The zero-order chi connectivity index (χ0) is 15.6. The van der Waals surface area contributed by atoms with Crippen molar-refractivity contribution in [3.8, 4) is 0 Å². The van der Waals surface area contributed by atoms with Crippen LogP contribution in [-0.4, -0.2) is 17.0 Å². The molecule has 4 N–H and O–H groups in total. The second-order valence-electron chi connectivity index (χ2n) is 4.50. The molecule has 0 aliphatic carbocycles. The summed E-state index contributed by atoms with van der Waals surface area (Å²) in [5.74, 6) is -2.37. The molecule has 0 unspecified atom stereocenters. The van der Waals surface area contributed by atoms with E-state index in [1.165, 1.54) is 24.3 Å². The highest BCUT2D eigenvalue weighted by atomic mass is 19.1. The van der Waals surface area contributed by atoms with E-state index in [2.05, 4.69) is 5.32 Å². The van der Waals surface area contributed by atoms with Gasteiger partial charge in [-0.1, -0.05) is 12.1 Å². The molecule has 2 aromatic rings. The first kappa shape index (κ1) is 14.5. The lowest BCUT2D eigenvalue weighted by Gasteiger charge is -2.10. The van der Waals surface area contributed by atoms with Crippen LogP contribution in [0.1, 0.15) is 26.3 Å². The Labute approximate surface area is 120 Å². The Hall–Kier alpha value is -2.89. The molecule has 0 aliphatic heterocycles. The van der Waals surface area contributed by atoms with Crippen molar-refractivity contribution in [2.45, 2.75) is 6.92 Å². The van der Waals surface area contributed by atoms with Gasteiger partial charge in [0.25, 0.3) is 5.91 Å². The van der Waals surface area contributed by atoms with Crippen LogP contribution in [0.4, 0.5) is 15.8 Å². The standard InChI is InChI=1S/C15H13FN2O3/c1-8-3-2-4-10(13(8)16)14(19)18-12-6-5-9(15(20)21)7-11(12)17/h2-7H,17H2,1H3,(H,18,19)(H,20,21). The topological polar surface area (TPSA) is 92.4 Å². The number of anilines is 2. The smallest absolute Gasteiger partial charge is 0.335 e. The van der Waals surface area contributed by atoms with Crippen LogP contribution < -0.4 is 11.1 Å². The maximum atomic E-state index is 13.9. The Balaban J connectivity index is 2.28. The first-order valence-corrected chi connectivity index (χ1v) is 6.09. The fraction of sp³-hybridized carbons (Fsp3) is 0.0667. The maximum absolute atomic E-state index is 13.9. The number of rotatable bonds is 3. The molecule has 2 rings (SSSR count). The number of benzene rings is 2. The number of carboxylic acids is 1. The first-order chi connectivity index (χ1) is 9.90. The van der Waals surface area contributed by atoms with Gasteiger partial charge in [0, 0.05) is 0 Å². The molecule has 0 radical (unpaired) electrons. The van der Waals surface area contributed by atoms with E-state index in [0.717, 1.165) is 0 Å². The van der Waals surface area contributed by atoms with Crippen LogP contribution in [0.2, 0.25) is 0 Å². The number of hydrogen-bond acceptors (Lipinski definition) is 3. The molecule has 5 nitrogen and oxygen atoms in total. The summed E-state index contributed by atoms with van der Waals surface area (Å²) in [5.41, 5.74) is 6.27. The normalized spacial score (nSPS) is 10.2. The molecule has 0 aromatic heterocycles. The molecule has 0 fully saturated rings.